The van der Waals surface area contributed by atoms with Crippen LogP contribution in [0.4, 0.5) is 15.8 Å². The van der Waals surface area contributed by atoms with E-state index >= 15 is 0 Å². The number of esters is 1. The number of ether oxygens (including phenoxy) is 1. The van der Waals surface area contributed by atoms with Crippen molar-refractivity contribution in [1.29, 1.82) is 0 Å². The lowest BCUT2D eigenvalue weighted by Crippen LogP contribution is -2.52. The zero-order valence-electron chi connectivity index (χ0n) is 20.9. The summed E-state index contributed by atoms with van der Waals surface area (Å²) in [5, 5.41) is 0.493. The molecule has 2 amide bonds. The number of Topliss-reactive ketones (excluding diaryl/α,β-unsaturated/α-hetero) is 1. The maximum Gasteiger partial charge on any atom is 0.338 e. The van der Waals surface area contributed by atoms with Gasteiger partial charge in [0.2, 0.25) is 5.91 Å². The van der Waals surface area contributed by atoms with E-state index in [-0.39, 0.29) is 35.4 Å². The van der Waals surface area contributed by atoms with Crippen molar-refractivity contribution in [2.45, 2.75) is 12.5 Å². The average Bonchev–Trinajstić information content (AvgIpc) is 3.25. The number of hydrogen-bond acceptors (Lipinski definition) is 7. The molecule has 3 aromatic carbocycles. The van der Waals surface area contributed by atoms with Gasteiger partial charge < -0.3 is 9.64 Å². The Morgan fingerprint density at radius 3 is 2.18 bits per heavy atom. The van der Waals surface area contributed by atoms with Gasteiger partial charge in [0.1, 0.15) is 5.82 Å². The Hall–Kier alpha value is -4.08. The fourth-order valence-corrected chi connectivity index (χ4v) is 4.96. The minimum absolute atomic E-state index is 0.0507. The molecule has 5 rings (SSSR count). The van der Waals surface area contributed by atoms with E-state index in [1.54, 1.807) is 42.5 Å². The molecule has 1 atom stereocenters. The van der Waals surface area contributed by atoms with Gasteiger partial charge in [0, 0.05) is 36.8 Å². The van der Waals surface area contributed by atoms with E-state index < -0.39 is 18.6 Å². The van der Waals surface area contributed by atoms with Crippen LogP contribution in [-0.2, 0) is 14.3 Å². The van der Waals surface area contributed by atoms with Gasteiger partial charge in [-0.1, -0.05) is 23.7 Å². The topological polar surface area (TPSA) is 87.2 Å². The molecule has 2 saturated heterocycles. The van der Waals surface area contributed by atoms with Crippen molar-refractivity contribution in [3.63, 3.8) is 0 Å². The summed E-state index contributed by atoms with van der Waals surface area (Å²) in [7, 11) is 0. The van der Waals surface area contributed by atoms with Crippen molar-refractivity contribution < 1.29 is 28.3 Å². The maximum atomic E-state index is 14.2. The van der Waals surface area contributed by atoms with Crippen LogP contribution in [0.15, 0.2) is 72.8 Å². The number of benzene rings is 3. The SMILES string of the molecule is O=C(COC(=O)c1ccc(N2C(=O)CC(N3CCN(c4ccccc4F)CC3)C2=O)cc1)c1ccc(Cl)cc1. The molecule has 2 aliphatic heterocycles. The molecule has 0 bridgehead atoms. The summed E-state index contributed by atoms with van der Waals surface area (Å²) in [5.41, 5.74) is 1.44. The summed E-state index contributed by atoms with van der Waals surface area (Å²) in [6.07, 6.45) is 0.0507. The van der Waals surface area contributed by atoms with Crippen LogP contribution in [0, 0.1) is 5.82 Å². The normalized spacial score (nSPS) is 17.9. The summed E-state index contributed by atoms with van der Waals surface area (Å²) < 4.78 is 19.3. The molecule has 2 aliphatic rings. The summed E-state index contributed by atoms with van der Waals surface area (Å²) in [6.45, 7) is 1.68. The Balaban J connectivity index is 1.17. The van der Waals surface area contributed by atoms with Crippen LogP contribution >= 0.6 is 11.6 Å². The lowest BCUT2D eigenvalue weighted by Gasteiger charge is -2.38. The quantitative estimate of drug-likeness (QED) is 0.250. The van der Waals surface area contributed by atoms with Gasteiger partial charge in [0.05, 0.1) is 29.4 Å². The number of hydrogen-bond donors (Lipinski definition) is 0. The Morgan fingerprint density at radius 1 is 0.872 bits per heavy atom. The van der Waals surface area contributed by atoms with Crippen LogP contribution in [-0.4, -0.2) is 67.3 Å². The van der Waals surface area contributed by atoms with Gasteiger partial charge in [-0.2, -0.15) is 0 Å². The van der Waals surface area contributed by atoms with Crippen molar-refractivity contribution in [3.8, 4) is 0 Å². The number of rotatable bonds is 7. The largest absolute Gasteiger partial charge is 0.454 e. The number of carbonyl (C=O) groups is 4. The number of amides is 2. The smallest absolute Gasteiger partial charge is 0.338 e. The molecule has 0 N–H and O–H groups in total. The molecule has 0 radical (unpaired) electrons. The van der Waals surface area contributed by atoms with E-state index in [0.29, 0.717) is 48.1 Å². The molecule has 10 heteroatoms. The lowest BCUT2D eigenvalue weighted by molar-refractivity contribution is -0.123. The molecule has 1 unspecified atom stereocenters. The van der Waals surface area contributed by atoms with Crippen LogP contribution in [0.5, 0.6) is 0 Å². The number of para-hydroxylation sites is 1. The van der Waals surface area contributed by atoms with E-state index in [2.05, 4.69) is 0 Å². The first-order valence-electron chi connectivity index (χ1n) is 12.5. The molecule has 8 nitrogen and oxygen atoms in total. The minimum Gasteiger partial charge on any atom is -0.454 e. The summed E-state index contributed by atoms with van der Waals surface area (Å²) in [4.78, 5) is 55.7. The first-order chi connectivity index (χ1) is 18.8. The average molecular weight is 550 g/mol. The molecular weight excluding hydrogens is 525 g/mol. The van der Waals surface area contributed by atoms with Crippen LogP contribution in [0.3, 0.4) is 0 Å². The number of anilines is 2. The zero-order valence-corrected chi connectivity index (χ0v) is 21.6. The fraction of sp³-hybridized carbons (Fsp3) is 0.241. The Kier molecular flexibility index (Phi) is 7.72. The highest BCUT2D eigenvalue weighted by Crippen LogP contribution is 2.28. The highest BCUT2D eigenvalue weighted by molar-refractivity contribution is 6.30. The van der Waals surface area contributed by atoms with Crippen molar-refractivity contribution in [3.05, 3.63) is 94.8 Å². The molecule has 3 aromatic rings. The van der Waals surface area contributed by atoms with E-state index in [0.717, 1.165) is 4.90 Å². The minimum atomic E-state index is -0.700. The molecule has 39 heavy (non-hydrogen) atoms. The van der Waals surface area contributed by atoms with E-state index in [1.165, 1.54) is 30.3 Å². The van der Waals surface area contributed by atoms with E-state index in [1.807, 2.05) is 9.80 Å². The Bertz CT molecular complexity index is 1410. The molecule has 0 saturated carbocycles. The second kappa shape index (κ2) is 11.3. The number of imide groups is 1. The van der Waals surface area contributed by atoms with E-state index in [9.17, 15) is 23.6 Å². The predicted octanol–water partition coefficient (Wildman–Crippen LogP) is 3.97. The van der Waals surface area contributed by atoms with Crippen molar-refractivity contribution in [2.24, 2.45) is 0 Å². The van der Waals surface area contributed by atoms with Gasteiger partial charge >= 0.3 is 5.97 Å². The third-order valence-corrected chi connectivity index (χ3v) is 7.18. The number of nitrogens with zero attached hydrogens (tertiary/aromatic N) is 3. The number of halogens is 2. The van der Waals surface area contributed by atoms with E-state index in [4.69, 9.17) is 16.3 Å². The van der Waals surface area contributed by atoms with Crippen LogP contribution in [0.25, 0.3) is 0 Å². The molecule has 2 fully saturated rings. The Morgan fingerprint density at radius 2 is 1.51 bits per heavy atom. The third-order valence-electron chi connectivity index (χ3n) is 6.93. The summed E-state index contributed by atoms with van der Waals surface area (Å²) in [6, 6.07) is 18.1. The number of ketones is 1. The van der Waals surface area contributed by atoms with Crippen molar-refractivity contribution in [1.82, 2.24) is 4.90 Å². The highest BCUT2D eigenvalue weighted by Gasteiger charge is 2.43. The molecule has 0 spiro atoms. The molecule has 200 valence electrons. The second-order valence-electron chi connectivity index (χ2n) is 9.31. The van der Waals surface area contributed by atoms with Gasteiger partial charge in [-0.25, -0.2) is 14.1 Å². The van der Waals surface area contributed by atoms with Gasteiger partial charge in [-0.3, -0.25) is 19.3 Å². The second-order valence-corrected chi connectivity index (χ2v) is 9.75. The maximum absolute atomic E-state index is 14.2. The summed E-state index contributed by atoms with van der Waals surface area (Å²) in [5.74, 6) is -2.02. The standard InChI is InChI=1S/C29H25ClFN3O5/c30-21-9-5-19(6-10-21)26(35)18-39-29(38)20-7-11-22(12-8-20)34-27(36)17-25(28(34)37)33-15-13-32(14-16-33)24-4-2-1-3-23(24)31/h1-12,25H,13-18H2. The molecule has 0 aromatic heterocycles. The zero-order chi connectivity index (χ0) is 27.5. The van der Waals surface area contributed by atoms with Gasteiger partial charge in [-0.05, 0) is 60.7 Å². The molecule has 0 aliphatic carbocycles. The monoisotopic (exact) mass is 549 g/mol. The molecular formula is C29H25ClFN3O5. The number of piperazine rings is 1. The van der Waals surface area contributed by atoms with Gasteiger partial charge in [-0.15, -0.1) is 0 Å². The fourth-order valence-electron chi connectivity index (χ4n) is 4.84. The van der Waals surface area contributed by atoms with Gasteiger partial charge in [0.25, 0.3) is 5.91 Å². The first kappa shape index (κ1) is 26.5. The summed E-state index contributed by atoms with van der Waals surface area (Å²) >= 11 is 5.82. The predicted molar refractivity (Wildman–Crippen MR) is 144 cm³/mol. The third kappa shape index (κ3) is 5.69. The Labute approximate surface area is 229 Å². The number of carbonyl (C=O) groups excluding carboxylic acids is 4. The van der Waals surface area contributed by atoms with Crippen molar-refractivity contribution in [2.75, 3.05) is 42.6 Å². The molecule has 2 heterocycles. The van der Waals surface area contributed by atoms with Crippen LogP contribution < -0.4 is 9.80 Å². The van der Waals surface area contributed by atoms with Crippen LogP contribution in [0.2, 0.25) is 5.02 Å². The first-order valence-corrected chi connectivity index (χ1v) is 12.9. The lowest BCUT2D eigenvalue weighted by atomic mass is 10.1. The van der Waals surface area contributed by atoms with Gasteiger partial charge in [0.15, 0.2) is 12.4 Å². The highest BCUT2D eigenvalue weighted by atomic mass is 35.5. The van der Waals surface area contributed by atoms with Crippen LogP contribution in [0.1, 0.15) is 27.1 Å². The van der Waals surface area contributed by atoms with Crippen molar-refractivity contribution >= 4 is 46.5 Å².